The Kier molecular flexibility index (Phi) is 5.06. The molecule has 1 unspecified atom stereocenters. The molecular weight excluding hydrogens is 364 g/mol. The number of halogens is 1. The highest BCUT2D eigenvalue weighted by atomic mass is 35.5. The van der Waals surface area contributed by atoms with Crippen molar-refractivity contribution in [2.45, 2.75) is 45.1 Å². The second-order valence-electron chi connectivity index (χ2n) is 6.76. The molecule has 1 aromatic carbocycles. The number of benzene rings is 1. The predicted molar refractivity (Wildman–Crippen MR) is 96.2 cm³/mol. The van der Waals surface area contributed by atoms with Gasteiger partial charge in [0.1, 0.15) is 0 Å². The zero-order chi connectivity index (χ0) is 18.2. The van der Waals surface area contributed by atoms with Crippen LogP contribution in [0.25, 0.3) is 0 Å². The van der Waals surface area contributed by atoms with E-state index in [1.807, 2.05) is 0 Å². The summed E-state index contributed by atoms with van der Waals surface area (Å²) in [6, 6.07) is 4.52. The van der Waals surface area contributed by atoms with Crippen molar-refractivity contribution in [3.05, 3.63) is 28.8 Å². The van der Waals surface area contributed by atoms with E-state index >= 15 is 0 Å². The molecule has 1 saturated carbocycles. The molecule has 0 radical (unpaired) electrons. The molecule has 1 heterocycles. The molecule has 1 aliphatic heterocycles. The summed E-state index contributed by atoms with van der Waals surface area (Å²) in [5.74, 6) is -1.67. The number of nitrogens with zero attached hydrogens (tertiary/aromatic N) is 1. The average Bonchev–Trinajstić information content (AvgIpc) is 2.77. The first kappa shape index (κ1) is 18.2. The third-order valence-electron chi connectivity index (χ3n) is 4.73. The number of carbonyl (C=O) groups is 2. The predicted octanol–water partition coefficient (Wildman–Crippen LogP) is 2.72. The van der Waals surface area contributed by atoms with Gasteiger partial charge in [-0.15, -0.1) is 0 Å². The van der Waals surface area contributed by atoms with Crippen molar-refractivity contribution in [3.8, 4) is 0 Å². The van der Waals surface area contributed by atoms with Crippen molar-refractivity contribution in [2.24, 2.45) is 5.92 Å². The third kappa shape index (κ3) is 3.67. The summed E-state index contributed by atoms with van der Waals surface area (Å²) in [6.45, 7) is 1.56. The number of hydrogen-bond donors (Lipinski definition) is 1. The van der Waals surface area contributed by atoms with Crippen molar-refractivity contribution in [2.75, 3.05) is 10.1 Å². The Morgan fingerprint density at radius 1 is 1.24 bits per heavy atom. The van der Waals surface area contributed by atoms with Crippen molar-refractivity contribution in [1.29, 1.82) is 0 Å². The van der Waals surface area contributed by atoms with Gasteiger partial charge in [-0.2, -0.15) is 0 Å². The first-order valence-corrected chi connectivity index (χ1v) is 10.5. The minimum absolute atomic E-state index is 0.0484. The molecule has 0 aromatic heterocycles. The topological polar surface area (TPSA) is 83.6 Å². The molecule has 136 valence electrons. The molecule has 2 aliphatic rings. The van der Waals surface area contributed by atoms with Crippen LogP contribution in [0.3, 0.4) is 0 Å². The molecular formula is C17H21ClN2O4S. The number of carbonyl (C=O) groups excluding carboxylic acids is 2. The lowest BCUT2D eigenvalue weighted by molar-refractivity contribution is -0.119. The normalized spacial score (nSPS) is 23.7. The van der Waals surface area contributed by atoms with Gasteiger partial charge in [-0.25, -0.2) is 12.7 Å². The van der Waals surface area contributed by atoms with Crippen LogP contribution in [0, 0.1) is 5.92 Å². The quantitative estimate of drug-likeness (QED) is 0.868. The first-order chi connectivity index (χ1) is 11.8. The Morgan fingerprint density at radius 2 is 1.92 bits per heavy atom. The van der Waals surface area contributed by atoms with Crippen LogP contribution < -0.4 is 9.62 Å². The van der Waals surface area contributed by atoms with Crippen LogP contribution in [0.15, 0.2) is 18.2 Å². The summed E-state index contributed by atoms with van der Waals surface area (Å²) in [4.78, 5) is 24.8. The minimum atomic E-state index is -3.76. The molecule has 0 bridgehead atoms. The van der Waals surface area contributed by atoms with Crippen molar-refractivity contribution in [1.82, 2.24) is 5.32 Å². The molecule has 6 nitrogen and oxygen atoms in total. The van der Waals surface area contributed by atoms with Gasteiger partial charge < -0.3 is 5.32 Å². The lowest BCUT2D eigenvalue weighted by Gasteiger charge is -2.23. The van der Waals surface area contributed by atoms with E-state index in [1.54, 1.807) is 13.0 Å². The summed E-state index contributed by atoms with van der Waals surface area (Å²) in [5.41, 5.74) is 0.347. The molecule has 2 fully saturated rings. The fourth-order valence-corrected chi connectivity index (χ4v) is 5.47. The third-order valence-corrected chi connectivity index (χ3v) is 6.90. The number of amides is 2. The van der Waals surface area contributed by atoms with Crippen molar-refractivity contribution >= 4 is 39.1 Å². The number of hydrogen-bond acceptors (Lipinski definition) is 4. The Morgan fingerprint density at radius 3 is 2.52 bits per heavy atom. The molecule has 8 heteroatoms. The van der Waals surface area contributed by atoms with Crippen LogP contribution in [-0.2, 0) is 14.8 Å². The fraction of sp³-hybridized carbons (Fsp3) is 0.529. The molecule has 25 heavy (non-hydrogen) atoms. The highest BCUT2D eigenvalue weighted by molar-refractivity contribution is 7.94. The standard InChI is InChI=1S/C17H21ClN2O4S/c1-11-10-25(23,24)20(17(11)22)15-9-12(7-8-14(15)18)16(21)19-13-5-3-2-4-6-13/h7-9,11,13H,2-6,10H2,1H3,(H,19,21). The average molecular weight is 385 g/mol. The molecule has 1 aliphatic carbocycles. The minimum Gasteiger partial charge on any atom is -0.349 e. The molecule has 3 rings (SSSR count). The molecule has 0 spiro atoms. The molecule has 1 saturated heterocycles. The molecule has 1 N–H and O–H groups in total. The lowest BCUT2D eigenvalue weighted by Crippen LogP contribution is -2.36. The van der Waals surface area contributed by atoms with E-state index in [1.165, 1.54) is 18.6 Å². The smallest absolute Gasteiger partial charge is 0.251 e. The van der Waals surface area contributed by atoms with Gasteiger partial charge in [0.15, 0.2) is 0 Å². The van der Waals surface area contributed by atoms with E-state index in [2.05, 4.69) is 5.32 Å². The van der Waals surface area contributed by atoms with Gasteiger partial charge in [0.25, 0.3) is 5.91 Å². The second-order valence-corrected chi connectivity index (χ2v) is 9.03. The number of sulfonamides is 1. The van der Waals surface area contributed by atoms with Crippen LogP contribution in [0.5, 0.6) is 0 Å². The largest absolute Gasteiger partial charge is 0.349 e. The van der Waals surface area contributed by atoms with Gasteiger partial charge in [-0.3, -0.25) is 9.59 Å². The summed E-state index contributed by atoms with van der Waals surface area (Å²) in [6.07, 6.45) is 5.26. The van der Waals surface area contributed by atoms with Gasteiger partial charge in [-0.05, 0) is 31.0 Å². The van der Waals surface area contributed by atoms with E-state index in [0.29, 0.717) is 5.56 Å². The first-order valence-electron chi connectivity index (χ1n) is 8.47. The Balaban J connectivity index is 1.88. The number of anilines is 1. The maximum atomic E-state index is 12.5. The maximum absolute atomic E-state index is 12.5. The molecule has 1 aromatic rings. The lowest BCUT2D eigenvalue weighted by atomic mass is 9.95. The second kappa shape index (κ2) is 6.96. The van der Waals surface area contributed by atoms with Crippen LogP contribution in [-0.4, -0.2) is 32.0 Å². The number of rotatable bonds is 3. The van der Waals surface area contributed by atoms with E-state index in [-0.39, 0.29) is 28.4 Å². The van der Waals surface area contributed by atoms with E-state index in [4.69, 9.17) is 11.6 Å². The highest BCUT2D eigenvalue weighted by Gasteiger charge is 2.43. The van der Waals surface area contributed by atoms with E-state index in [9.17, 15) is 18.0 Å². The summed E-state index contributed by atoms with van der Waals surface area (Å²) in [5, 5.41) is 3.10. The SMILES string of the molecule is CC1CS(=O)(=O)N(c2cc(C(=O)NC3CCCCC3)ccc2Cl)C1=O. The van der Waals surface area contributed by atoms with Crippen LogP contribution in [0.4, 0.5) is 5.69 Å². The van der Waals surface area contributed by atoms with E-state index < -0.39 is 21.8 Å². The zero-order valence-electron chi connectivity index (χ0n) is 14.0. The summed E-state index contributed by atoms with van der Waals surface area (Å²) in [7, 11) is -3.76. The van der Waals surface area contributed by atoms with Gasteiger partial charge in [0.05, 0.1) is 22.4 Å². The van der Waals surface area contributed by atoms with Crippen LogP contribution in [0.1, 0.15) is 49.4 Å². The van der Waals surface area contributed by atoms with E-state index in [0.717, 1.165) is 30.0 Å². The number of nitrogens with one attached hydrogen (secondary N) is 1. The molecule has 1 atom stereocenters. The Labute approximate surface area is 152 Å². The van der Waals surface area contributed by atoms with Gasteiger partial charge in [0.2, 0.25) is 15.9 Å². The highest BCUT2D eigenvalue weighted by Crippen LogP contribution is 2.34. The monoisotopic (exact) mass is 384 g/mol. The van der Waals surface area contributed by atoms with Crippen molar-refractivity contribution < 1.29 is 18.0 Å². The Hall–Kier alpha value is -1.60. The summed E-state index contributed by atoms with van der Waals surface area (Å²) < 4.78 is 25.3. The van der Waals surface area contributed by atoms with Crippen LogP contribution in [0.2, 0.25) is 5.02 Å². The maximum Gasteiger partial charge on any atom is 0.251 e. The van der Waals surface area contributed by atoms with Gasteiger partial charge in [0, 0.05) is 11.6 Å². The Bertz CT molecular complexity index is 803. The molecule has 2 amide bonds. The van der Waals surface area contributed by atoms with Crippen LogP contribution >= 0.6 is 11.6 Å². The fourth-order valence-electron chi connectivity index (χ4n) is 3.39. The zero-order valence-corrected chi connectivity index (χ0v) is 15.6. The summed E-state index contributed by atoms with van der Waals surface area (Å²) >= 11 is 6.12. The van der Waals surface area contributed by atoms with Gasteiger partial charge in [-0.1, -0.05) is 37.8 Å². The van der Waals surface area contributed by atoms with Crippen molar-refractivity contribution in [3.63, 3.8) is 0 Å². The van der Waals surface area contributed by atoms with Gasteiger partial charge >= 0.3 is 0 Å².